The maximum atomic E-state index is 12.0. The average molecular weight is 234 g/mol. The van der Waals surface area contributed by atoms with Crippen LogP contribution in [0.1, 0.15) is 20.3 Å². The average Bonchev–Trinajstić information content (AvgIpc) is 2.81. The smallest absolute Gasteiger partial charge is 0.276 e. The molecule has 5 heteroatoms. The summed E-state index contributed by atoms with van der Waals surface area (Å²) in [5.41, 5.74) is 0.631. The van der Waals surface area contributed by atoms with Gasteiger partial charge < -0.3 is 9.88 Å². The van der Waals surface area contributed by atoms with E-state index in [9.17, 15) is 4.79 Å². The lowest BCUT2D eigenvalue weighted by Gasteiger charge is -2.12. The van der Waals surface area contributed by atoms with Crippen LogP contribution in [-0.4, -0.2) is 26.8 Å². The fourth-order valence-corrected chi connectivity index (χ4v) is 1.71. The Hall–Kier alpha value is -1.62. The maximum absolute atomic E-state index is 12.0. The highest BCUT2D eigenvalue weighted by atomic mass is 16.1. The molecule has 0 spiro atoms. The molecule has 0 aliphatic rings. The summed E-state index contributed by atoms with van der Waals surface area (Å²) in [6, 6.07) is 2.23. The Kier molecular flexibility index (Phi) is 3.58. The molecule has 17 heavy (non-hydrogen) atoms. The first-order valence-electron chi connectivity index (χ1n) is 5.98. The zero-order chi connectivity index (χ0) is 12.3. The standard InChI is InChI=1S/C12H18N4O/c1-3-10(2)13-6-7-15-8-9-16-11(12(15)17)4-5-14-16/h4-5,8-10,13H,3,6-7H2,1-2H3. The van der Waals surface area contributed by atoms with E-state index in [1.54, 1.807) is 33.7 Å². The minimum absolute atomic E-state index is 0.0101. The van der Waals surface area contributed by atoms with Crippen LogP contribution in [0.2, 0.25) is 0 Å². The third-order valence-electron chi connectivity index (χ3n) is 3.00. The van der Waals surface area contributed by atoms with Gasteiger partial charge >= 0.3 is 0 Å². The Morgan fingerprint density at radius 1 is 1.47 bits per heavy atom. The van der Waals surface area contributed by atoms with Crippen LogP contribution >= 0.6 is 0 Å². The van der Waals surface area contributed by atoms with Gasteiger partial charge in [-0.3, -0.25) is 4.79 Å². The SMILES string of the molecule is CCC(C)NCCn1ccn2nccc2c1=O. The lowest BCUT2D eigenvalue weighted by molar-refractivity contribution is 0.499. The van der Waals surface area contributed by atoms with E-state index in [1.165, 1.54) is 0 Å². The summed E-state index contributed by atoms with van der Waals surface area (Å²) in [6.07, 6.45) is 6.32. The largest absolute Gasteiger partial charge is 0.312 e. The fraction of sp³-hybridized carbons (Fsp3) is 0.500. The van der Waals surface area contributed by atoms with Crippen LogP contribution in [0.5, 0.6) is 0 Å². The number of nitrogens with one attached hydrogen (secondary N) is 1. The molecule has 2 aromatic heterocycles. The van der Waals surface area contributed by atoms with Gasteiger partial charge in [0.15, 0.2) is 0 Å². The molecule has 0 aliphatic heterocycles. The van der Waals surface area contributed by atoms with Crippen molar-refractivity contribution in [2.75, 3.05) is 6.54 Å². The molecule has 2 aromatic rings. The summed E-state index contributed by atoms with van der Waals surface area (Å²) in [5, 5.41) is 7.40. The van der Waals surface area contributed by atoms with Gasteiger partial charge in [0.25, 0.3) is 5.56 Å². The number of nitrogens with zero attached hydrogens (tertiary/aromatic N) is 3. The van der Waals surface area contributed by atoms with Crippen molar-refractivity contribution >= 4 is 5.52 Å². The molecule has 2 heterocycles. The van der Waals surface area contributed by atoms with E-state index in [0.717, 1.165) is 13.0 Å². The van der Waals surface area contributed by atoms with E-state index < -0.39 is 0 Å². The van der Waals surface area contributed by atoms with E-state index in [4.69, 9.17) is 0 Å². The zero-order valence-corrected chi connectivity index (χ0v) is 10.3. The number of hydrogen-bond acceptors (Lipinski definition) is 3. The predicted octanol–water partition coefficient (Wildman–Crippen LogP) is 0.884. The van der Waals surface area contributed by atoms with E-state index in [0.29, 0.717) is 18.1 Å². The second kappa shape index (κ2) is 5.14. The second-order valence-electron chi connectivity index (χ2n) is 4.22. The first kappa shape index (κ1) is 11.9. The van der Waals surface area contributed by atoms with E-state index in [1.807, 2.05) is 0 Å². The molecule has 0 bridgehead atoms. The van der Waals surface area contributed by atoms with Crippen molar-refractivity contribution in [3.05, 3.63) is 35.0 Å². The summed E-state index contributed by atoms with van der Waals surface area (Å²) in [7, 11) is 0. The van der Waals surface area contributed by atoms with Crippen LogP contribution in [0.4, 0.5) is 0 Å². The van der Waals surface area contributed by atoms with Gasteiger partial charge in [0, 0.05) is 31.5 Å². The van der Waals surface area contributed by atoms with Crippen LogP contribution in [0.15, 0.2) is 29.5 Å². The fourth-order valence-electron chi connectivity index (χ4n) is 1.71. The summed E-state index contributed by atoms with van der Waals surface area (Å²) in [4.78, 5) is 12.0. The first-order chi connectivity index (χ1) is 8.22. The number of hydrogen-bond donors (Lipinski definition) is 1. The third kappa shape index (κ3) is 2.55. The molecule has 1 unspecified atom stereocenters. The minimum Gasteiger partial charge on any atom is -0.312 e. The molecule has 5 nitrogen and oxygen atoms in total. The van der Waals surface area contributed by atoms with Crippen molar-refractivity contribution in [2.45, 2.75) is 32.9 Å². The molecule has 0 aliphatic carbocycles. The normalized spacial score (nSPS) is 13.1. The second-order valence-corrected chi connectivity index (χ2v) is 4.22. The number of aromatic nitrogens is 3. The van der Waals surface area contributed by atoms with Crippen molar-refractivity contribution in [2.24, 2.45) is 0 Å². The topological polar surface area (TPSA) is 51.3 Å². The Labute approximate surface area is 100 Å². The maximum Gasteiger partial charge on any atom is 0.276 e. The van der Waals surface area contributed by atoms with Crippen molar-refractivity contribution in [3.8, 4) is 0 Å². The third-order valence-corrected chi connectivity index (χ3v) is 3.00. The molecular formula is C12H18N4O. The predicted molar refractivity (Wildman–Crippen MR) is 67.2 cm³/mol. The highest BCUT2D eigenvalue weighted by Gasteiger charge is 2.03. The van der Waals surface area contributed by atoms with Gasteiger partial charge in [-0.25, -0.2) is 4.52 Å². The van der Waals surface area contributed by atoms with Crippen LogP contribution in [0, 0.1) is 0 Å². The van der Waals surface area contributed by atoms with Gasteiger partial charge in [0.1, 0.15) is 5.52 Å². The molecule has 0 saturated carbocycles. The number of rotatable bonds is 5. The highest BCUT2D eigenvalue weighted by molar-refractivity contribution is 5.42. The van der Waals surface area contributed by atoms with E-state index in [2.05, 4.69) is 24.3 Å². The first-order valence-corrected chi connectivity index (χ1v) is 5.98. The Bertz CT molecular complexity index is 543. The monoisotopic (exact) mass is 234 g/mol. The lowest BCUT2D eigenvalue weighted by Crippen LogP contribution is -2.32. The van der Waals surface area contributed by atoms with Gasteiger partial charge in [-0.2, -0.15) is 5.10 Å². The molecule has 1 N–H and O–H groups in total. The van der Waals surface area contributed by atoms with E-state index >= 15 is 0 Å². The highest BCUT2D eigenvalue weighted by Crippen LogP contribution is 1.94. The van der Waals surface area contributed by atoms with Gasteiger partial charge in [0.2, 0.25) is 0 Å². The minimum atomic E-state index is 0.0101. The Morgan fingerprint density at radius 2 is 2.29 bits per heavy atom. The lowest BCUT2D eigenvalue weighted by atomic mass is 10.2. The molecule has 0 aromatic carbocycles. The molecular weight excluding hydrogens is 216 g/mol. The van der Waals surface area contributed by atoms with Gasteiger partial charge in [-0.05, 0) is 19.4 Å². The van der Waals surface area contributed by atoms with Crippen molar-refractivity contribution in [1.82, 2.24) is 19.5 Å². The van der Waals surface area contributed by atoms with Crippen LogP contribution in [0.3, 0.4) is 0 Å². The number of fused-ring (bicyclic) bond motifs is 1. The molecule has 0 amide bonds. The molecule has 0 fully saturated rings. The quantitative estimate of drug-likeness (QED) is 0.835. The van der Waals surface area contributed by atoms with E-state index in [-0.39, 0.29) is 5.56 Å². The van der Waals surface area contributed by atoms with Gasteiger partial charge in [-0.1, -0.05) is 6.92 Å². The van der Waals surface area contributed by atoms with Gasteiger partial charge in [-0.15, -0.1) is 0 Å². The van der Waals surface area contributed by atoms with Gasteiger partial charge in [0.05, 0.1) is 6.20 Å². The Morgan fingerprint density at radius 3 is 3.06 bits per heavy atom. The van der Waals surface area contributed by atoms with Crippen LogP contribution < -0.4 is 10.9 Å². The summed E-state index contributed by atoms with van der Waals surface area (Å²) < 4.78 is 3.31. The van der Waals surface area contributed by atoms with Crippen LogP contribution in [-0.2, 0) is 6.54 Å². The van der Waals surface area contributed by atoms with Crippen molar-refractivity contribution in [3.63, 3.8) is 0 Å². The summed E-state index contributed by atoms with van der Waals surface area (Å²) in [5.74, 6) is 0. The molecule has 2 rings (SSSR count). The summed E-state index contributed by atoms with van der Waals surface area (Å²) in [6.45, 7) is 5.77. The van der Waals surface area contributed by atoms with Crippen LogP contribution in [0.25, 0.3) is 5.52 Å². The zero-order valence-electron chi connectivity index (χ0n) is 10.3. The molecule has 92 valence electrons. The molecule has 1 atom stereocenters. The molecule has 0 saturated heterocycles. The van der Waals surface area contributed by atoms with Crippen molar-refractivity contribution < 1.29 is 0 Å². The Balaban J connectivity index is 2.08. The molecule has 0 radical (unpaired) electrons. The summed E-state index contributed by atoms with van der Waals surface area (Å²) >= 11 is 0. The van der Waals surface area contributed by atoms with Crippen molar-refractivity contribution in [1.29, 1.82) is 0 Å².